The lowest BCUT2D eigenvalue weighted by atomic mass is 9.89. The minimum atomic E-state index is 0.375. The van der Waals surface area contributed by atoms with Crippen molar-refractivity contribution in [2.75, 3.05) is 13.7 Å². The van der Waals surface area contributed by atoms with Gasteiger partial charge >= 0.3 is 0 Å². The summed E-state index contributed by atoms with van der Waals surface area (Å²) in [5.74, 6) is 2.75. The maximum Gasteiger partial charge on any atom is 0.124 e. The van der Waals surface area contributed by atoms with Crippen LogP contribution < -0.4 is 14.8 Å². The van der Waals surface area contributed by atoms with Crippen molar-refractivity contribution in [2.45, 2.75) is 52.2 Å². The summed E-state index contributed by atoms with van der Waals surface area (Å²) in [6, 6.07) is 6.10. The minimum Gasteiger partial charge on any atom is -0.497 e. The van der Waals surface area contributed by atoms with E-state index >= 15 is 0 Å². The zero-order valence-corrected chi connectivity index (χ0v) is 12.9. The van der Waals surface area contributed by atoms with Crippen LogP contribution in [0.1, 0.15) is 45.1 Å². The summed E-state index contributed by atoms with van der Waals surface area (Å²) in [7, 11) is 1.70. The Labute approximate surface area is 122 Å². The fourth-order valence-corrected chi connectivity index (χ4v) is 2.72. The van der Waals surface area contributed by atoms with E-state index in [1.54, 1.807) is 7.11 Å². The average molecular weight is 277 g/mol. The Morgan fingerprint density at radius 2 is 1.95 bits per heavy atom. The zero-order valence-electron chi connectivity index (χ0n) is 12.9. The normalized spacial score (nSPS) is 22.6. The Kier molecular flexibility index (Phi) is 5.72. The fourth-order valence-electron chi connectivity index (χ4n) is 2.72. The minimum absolute atomic E-state index is 0.375. The summed E-state index contributed by atoms with van der Waals surface area (Å²) in [6.45, 7) is 6.23. The standard InChI is InChI=1S/C17H27NO2/c1-4-18-12-14-11-16(19-3)9-10-17(14)20-15-7-5-13(2)6-8-15/h9-11,13,15,18H,4-8,12H2,1-3H3. The Balaban J connectivity index is 2.05. The van der Waals surface area contributed by atoms with E-state index < -0.39 is 0 Å². The Morgan fingerprint density at radius 1 is 1.20 bits per heavy atom. The number of rotatable bonds is 6. The van der Waals surface area contributed by atoms with E-state index in [-0.39, 0.29) is 0 Å². The first-order valence-corrected chi connectivity index (χ1v) is 7.77. The van der Waals surface area contributed by atoms with Gasteiger partial charge in [-0.2, -0.15) is 0 Å². The van der Waals surface area contributed by atoms with E-state index in [1.165, 1.54) is 31.2 Å². The lowest BCUT2D eigenvalue weighted by Crippen LogP contribution is -2.24. The quantitative estimate of drug-likeness (QED) is 0.858. The maximum atomic E-state index is 6.24. The Bertz CT molecular complexity index is 411. The molecular formula is C17H27NO2. The number of hydrogen-bond acceptors (Lipinski definition) is 3. The van der Waals surface area contributed by atoms with Gasteiger partial charge in [0.1, 0.15) is 11.5 Å². The number of nitrogens with one attached hydrogen (secondary N) is 1. The summed E-state index contributed by atoms with van der Waals surface area (Å²) in [5, 5.41) is 3.37. The third-order valence-electron chi connectivity index (χ3n) is 4.09. The first-order chi connectivity index (χ1) is 9.72. The van der Waals surface area contributed by atoms with Crippen molar-refractivity contribution in [1.29, 1.82) is 0 Å². The lowest BCUT2D eigenvalue weighted by molar-refractivity contribution is 0.134. The third-order valence-corrected chi connectivity index (χ3v) is 4.09. The molecule has 0 heterocycles. The van der Waals surface area contributed by atoms with Crippen molar-refractivity contribution >= 4 is 0 Å². The fraction of sp³-hybridized carbons (Fsp3) is 0.647. The van der Waals surface area contributed by atoms with Gasteiger partial charge in [0.25, 0.3) is 0 Å². The molecule has 3 nitrogen and oxygen atoms in total. The van der Waals surface area contributed by atoms with E-state index in [2.05, 4.69) is 25.2 Å². The third kappa shape index (κ3) is 4.14. The van der Waals surface area contributed by atoms with E-state index in [0.717, 1.165) is 30.5 Å². The topological polar surface area (TPSA) is 30.5 Å². The number of hydrogen-bond donors (Lipinski definition) is 1. The SMILES string of the molecule is CCNCc1cc(OC)ccc1OC1CCC(C)CC1. The molecule has 0 bridgehead atoms. The second-order valence-electron chi connectivity index (χ2n) is 5.75. The molecule has 0 aliphatic heterocycles. The summed E-state index contributed by atoms with van der Waals surface area (Å²) in [5.41, 5.74) is 1.19. The van der Waals surface area contributed by atoms with Crippen LogP contribution in [0.4, 0.5) is 0 Å². The first-order valence-electron chi connectivity index (χ1n) is 7.77. The van der Waals surface area contributed by atoms with Crippen molar-refractivity contribution in [3.05, 3.63) is 23.8 Å². The van der Waals surface area contributed by atoms with Crippen LogP contribution in [0.5, 0.6) is 11.5 Å². The molecule has 0 saturated heterocycles. The molecule has 0 radical (unpaired) electrons. The molecule has 1 N–H and O–H groups in total. The number of methoxy groups -OCH3 is 1. The molecule has 0 unspecified atom stereocenters. The van der Waals surface area contributed by atoms with Gasteiger partial charge in [-0.15, -0.1) is 0 Å². The second kappa shape index (κ2) is 7.53. The van der Waals surface area contributed by atoms with Crippen LogP contribution >= 0.6 is 0 Å². The van der Waals surface area contributed by atoms with Gasteiger partial charge in [0.2, 0.25) is 0 Å². The molecule has 0 atom stereocenters. The highest BCUT2D eigenvalue weighted by molar-refractivity contribution is 5.40. The van der Waals surface area contributed by atoms with Crippen LogP contribution in [0.15, 0.2) is 18.2 Å². The summed E-state index contributed by atoms with van der Waals surface area (Å²) in [4.78, 5) is 0. The van der Waals surface area contributed by atoms with Crippen molar-refractivity contribution in [3.8, 4) is 11.5 Å². The molecule has 0 amide bonds. The molecule has 1 saturated carbocycles. The first kappa shape index (κ1) is 15.2. The molecule has 1 aromatic rings. The van der Waals surface area contributed by atoms with Crippen LogP contribution in [0, 0.1) is 5.92 Å². The van der Waals surface area contributed by atoms with Crippen molar-refractivity contribution in [3.63, 3.8) is 0 Å². The van der Waals surface area contributed by atoms with Crippen molar-refractivity contribution in [2.24, 2.45) is 5.92 Å². The van der Waals surface area contributed by atoms with Crippen LogP contribution in [-0.2, 0) is 6.54 Å². The van der Waals surface area contributed by atoms with Crippen molar-refractivity contribution < 1.29 is 9.47 Å². The molecular weight excluding hydrogens is 250 g/mol. The summed E-state index contributed by atoms with van der Waals surface area (Å²) >= 11 is 0. The molecule has 1 fully saturated rings. The molecule has 0 spiro atoms. The molecule has 2 rings (SSSR count). The highest BCUT2D eigenvalue weighted by Gasteiger charge is 2.20. The van der Waals surface area contributed by atoms with Crippen LogP contribution in [0.25, 0.3) is 0 Å². The molecule has 20 heavy (non-hydrogen) atoms. The van der Waals surface area contributed by atoms with Crippen LogP contribution in [0.2, 0.25) is 0 Å². The monoisotopic (exact) mass is 277 g/mol. The highest BCUT2D eigenvalue weighted by atomic mass is 16.5. The molecule has 112 valence electrons. The van der Waals surface area contributed by atoms with Gasteiger partial charge in [0.15, 0.2) is 0 Å². The van der Waals surface area contributed by atoms with Gasteiger partial charge in [-0.05, 0) is 56.3 Å². The maximum absolute atomic E-state index is 6.24. The number of benzene rings is 1. The van der Waals surface area contributed by atoms with Crippen molar-refractivity contribution in [1.82, 2.24) is 5.32 Å². The average Bonchev–Trinajstić information content (AvgIpc) is 2.48. The van der Waals surface area contributed by atoms with E-state index in [9.17, 15) is 0 Å². The molecule has 0 aromatic heterocycles. The largest absolute Gasteiger partial charge is 0.497 e. The second-order valence-corrected chi connectivity index (χ2v) is 5.75. The lowest BCUT2D eigenvalue weighted by Gasteiger charge is -2.28. The smallest absolute Gasteiger partial charge is 0.124 e. The Hall–Kier alpha value is -1.22. The zero-order chi connectivity index (χ0) is 14.4. The van der Waals surface area contributed by atoms with Gasteiger partial charge < -0.3 is 14.8 Å². The highest BCUT2D eigenvalue weighted by Crippen LogP contribution is 2.30. The van der Waals surface area contributed by atoms with Gasteiger partial charge in [-0.1, -0.05) is 13.8 Å². The van der Waals surface area contributed by atoms with E-state index in [4.69, 9.17) is 9.47 Å². The predicted octanol–water partition coefficient (Wildman–Crippen LogP) is 3.76. The van der Waals surface area contributed by atoms with Gasteiger partial charge in [-0.3, -0.25) is 0 Å². The molecule has 3 heteroatoms. The van der Waals surface area contributed by atoms with Gasteiger partial charge in [0, 0.05) is 12.1 Å². The number of ether oxygens (including phenoxy) is 2. The van der Waals surface area contributed by atoms with E-state index in [0.29, 0.717) is 6.10 Å². The van der Waals surface area contributed by atoms with E-state index in [1.807, 2.05) is 12.1 Å². The van der Waals surface area contributed by atoms with Crippen LogP contribution in [0.3, 0.4) is 0 Å². The Morgan fingerprint density at radius 3 is 2.60 bits per heavy atom. The summed E-state index contributed by atoms with van der Waals surface area (Å²) < 4.78 is 11.5. The molecule has 1 aliphatic carbocycles. The summed E-state index contributed by atoms with van der Waals surface area (Å²) in [6.07, 6.45) is 5.29. The molecule has 1 aliphatic rings. The molecule has 1 aromatic carbocycles. The predicted molar refractivity (Wildman–Crippen MR) is 82.4 cm³/mol. The van der Waals surface area contributed by atoms with Gasteiger partial charge in [-0.25, -0.2) is 0 Å². The van der Waals surface area contributed by atoms with Gasteiger partial charge in [0.05, 0.1) is 13.2 Å². The van der Waals surface area contributed by atoms with Crippen LogP contribution in [-0.4, -0.2) is 19.8 Å².